The topological polar surface area (TPSA) is 12.0 Å². The molecule has 1 aliphatic heterocycles. The van der Waals surface area contributed by atoms with Crippen LogP contribution in [0, 0.1) is 0 Å². The molecule has 9 heavy (non-hydrogen) atoms. The third-order valence-electron chi connectivity index (χ3n) is 2.44. The van der Waals surface area contributed by atoms with Gasteiger partial charge in [-0.2, -0.15) is 0 Å². The number of piperidine rings is 1. The van der Waals surface area contributed by atoms with Crippen LogP contribution in [0.15, 0.2) is 0 Å². The molecule has 0 radical (unpaired) electrons. The molecular weight excluding hydrogens is 134 g/mol. The van der Waals surface area contributed by atoms with Gasteiger partial charge in [0.15, 0.2) is 0 Å². The van der Waals surface area contributed by atoms with Gasteiger partial charge in [0.1, 0.15) is 0 Å². The maximum absolute atomic E-state index is 3.57. The van der Waals surface area contributed by atoms with Crippen LogP contribution in [0.2, 0.25) is 0 Å². The lowest BCUT2D eigenvalue weighted by molar-refractivity contribution is 0.385. The summed E-state index contributed by atoms with van der Waals surface area (Å²) in [6, 6.07) is 0. The normalized spacial score (nSPS) is 29.3. The van der Waals surface area contributed by atoms with Crippen molar-refractivity contribution >= 4 is 12.4 Å². The Bertz CT molecular complexity index is 91.1. The first-order valence-corrected chi connectivity index (χ1v) is 3.66. The van der Waals surface area contributed by atoms with Crippen LogP contribution in [-0.4, -0.2) is 12.1 Å². The first-order valence-electron chi connectivity index (χ1n) is 3.66. The third kappa shape index (κ3) is 1.39. The second-order valence-corrected chi connectivity index (χ2v) is 3.16. The predicted octanol–water partition coefficient (Wildman–Crippen LogP) is 1.71. The lowest BCUT2D eigenvalue weighted by atomic mass is 10.0. The average Bonchev–Trinajstić information content (AvgIpc) is 2.52. The van der Waals surface area contributed by atoms with Crippen molar-refractivity contribution in [2.75, 3.05) is 6.54 Å². The van der Waals surface area contributed by atoms with Crippen LogP contribution in [0.3, 0.4) is 0 Å². The summed E-state index contributed by atoms with van der Waals surface area (Å²) >= 11 is 0. The van der Waals surface area contributed by atoms with E-state index in [1.807, 2.05) is 0 Å². The average molecular weight is 148 g/mol. The van der Waals surface area contributed by atoms with Crippen LogP contribution in [0.4, 0.5) is 0 Å². The summed E-state index contributed by atoms with van der Waals surface area (Å²) in [6.07, 6.45) is 7.22. The SMILES string of the molecule is C1CCC2(CC2)NC1.Cl. The van der Waals surface area contributed by atoms with E-state index in [0.29, 0.717) is 5.54 Å². The zero-order chi connectivity index (χ0) is 5.45. The molecule has 0 bridgehead atoms. The highest BCUT2D eigenvalue weighted by Crippen LogP contribution is 2.41. The van der Waals surface area contributed by atoms with E-state index in [0.717, 1.165) is 0 Å². The molecule has 1 spiro atoms. The standard InChI is InChI=1S/C7H13N.ClH/c1-2-6-8-7(3-1)4-5-7;/h8H,1-6H2;1H. The highest BCUT2D eigenvalue weighted by molar-refractivity contribution is 5.85. The molecule has 0 aromatic heterocycles. The van der Waals surface area contributed by atoms with E-state index in [1.54, 1.807) is 0 Å². The molecule has 0 aromatic carbocycles. The molecule has 0 unspecified atom stereocenters. The van der Waals surface area contributed by atoms with Crippen molar-refractivity contribution in [3.05, 3.63) is 0 Å². The Kier molecular flexibility index (Phi) is 2.02. The molecule has 2 heteroatoms. The minimum absolute atomic E-state index is 0. The summed E-state index contributed by atoms with van der Waals surface area (Å²) in [5, 5.41) is 3.57. The Morgan fingerprint density at radius 1 is 1.00 bits per heavy atom. The van der Waals surface area contributed by atoms with Crippen molar-refractivity contribution in [3.8, 4) is 0 Å². The maximum atomic E-state index is 3.57. The van der Waals surface area contributed by atoms with Gasteiger partial charge in [0, 0.05) is 5.54 Å². The van der Waals surface area contributed by atoms with E-state index < -0.39 is 0 Å². The Labute approximate surface area is 62.6 Å². The summed E-state index contributed by atoms with van der Waals surface area (Å²) < 4.78 is 0. The van der Waals surface area contributed by atoms with E-state index in [-0.39, 0.29) is 12.4 Å². The molecule has 1 N–H and O–H groups in total. The summed E-state index contributed by atoms with van der Waals surface area (Å²) in [6.45, 7) is 1.28. The molecule has 1 aliphatic carbocycles. The molecule has 2 aliphatic rings. The van der Waals surface area contributed by atoms with Crippen molar-refractivity contribution in [2.45, 2.75) is 37.6 Å². The van der Waals surface area contributed by atoms with E-state index in [4.69, 9.17) is 0 Å². The lowest BCUT2D eigenvalue weighted by Crippen LogP contribution is -2.35. The van der Waals surface area contributed by atoms with E-state index in [1.165, 1.54) is 38.6 Å². The van der Waals surface area contributed by atoms with Gasteiger partial charge in [-0.1, -0.05) is 6.42 Å². The molecule has 0 aromatic rings. The van der Waals surface area contributed by atoms with Crippen LogP contribution < -0.4 is 5.32 Å². The van der Waals surface area contributed by atoms with Crippen molar-refractivity contribution in [1.82, 2.24) is 5.32 Å². The molecule has 1 saturated heterocycles. The Morgan fingerprint density at radius 3 is 2.11 bits per heavy atom. The van der Waals surface area contributed by atoms with Gasteiger partial charge in [0.2, 0.25) is 0 Å². The van der Waals surface area contributed by atoms with Gasteiger partial charge >= 0.3 is 0 Å². The first-order chi connectivity index (χ1) is 3.91. The van der Waals surface area contributed by atoms with Gasteiger partial charge in [-0.25, -0.2) is 0 Å². The van der Waals surface area contributed by atoms with Crippen LogP contribution in [0.1, 0.15) is 32.1 Å². The zero-order valence-corrected chi connectivity index (χ0v) is 6.47. The quantitative estimate of drug-likeness (QED) is 0.550. The number of rotatable bonds is 0. The highest BCUT2D eigenvalue weighted by atomic mass is 35.5. The highest BCUT2D eigenvalue weighted by Gasteiger charge is 2.42. The fraction of sp³-hybridized carbons (Fsp3) is 1.00. The fourth-order valence-corrected chi connectivity index (χ4v) is 1.61. The predicted molar refractivity (Wildman–Crippen MR) is 41.1 cm³/mol. The second-order valence-electron chi connectivity index (χ2n) is 3.16. The fourth-order valence-electron chi connectivity index (χ4n) is 1.61. The van der Waals surface area contributed by atoms with Crippen molar-refractivity contribution < 1.29 is 0 Å². The molecule has 1 heterocycles. The van der Waals surface area contributed by atoms with Gasteiger partial charge in [-0.3, -0.25) is 0 Å². The van der Waals surface area contributed by atoms with Gasteiger partial charge < -0.3 is 5.32 Å². The number of hydrogen-bond acceptors (Lipinski definition) is 1. The molecule has 54 valence electrons. The monoisotopic (exact) mass is 147 g/mol. The summed E-state index contributed by atoms with van der Waals surface area (Å²) in [7, 11) is 0. The zero-order valence-electron chi connectivity index (χ0n) is 5.65. The molecular formula is C7H14ClN. The van der Waals surface area contributed by atoms with Gasteiger partial charge in [-0.05, 0) is 32.2 Å². The van der Waals surface area contributed by atoms with E-state index in [2.05, 4.69) is 5.32 Å². The van der Waals surface area contributed by atoms with E-state index in [9.17, 15) is 0 Å². The molecule has 0 amide bonds. The molecule has 1 saturated carbocycles. The van der Waals surface area contributed by atoms with Crippen LogP contribution in [0.25, 0.3) is 0 Å². The first kappa shape index (κ1) is 7.36. The summed E-state index contributed by atoms with van der Waals surface area (Å²) in [5.41, 5.74) is 0.679. The van der Waals surface area contributed by atoms with Crippen LogP contribution in [0.5, 0.6) is 0 Å². The maximum Gasteiger partial charge on any atom is 0.0182 e. The smallest absolute Gasteiger partial charge is 0.0182 e. The summed E-state index contributed by atoms with van der Waals surface area (Å²) in [5.74, 6) is 0. The Morgan fingerprint density at radius 2 is 1.78 bits per heavy atom. The van der Waals surface area contributed by atoms with Gasteiger partial charge in [-0.15, -0.1) is 12.4 Å². The Balaban J connectivity index is 0.000000405. The summed E-state index contributed by atoms with van der Waals surface area (Å²) in [4.78, 5) is 0. The van der Waals surface area contributed by atoms with Crippen LogP contribution >= 0.6 is 12.4 Å². The van der Waals surface area contributed by atoms with Crippen molar-refractivity contribution in [3.63, 3.8) is 0 Å². The number of hydrogen-bond donors (Lipinski definition) is 1. The van der Waals surface area contributed by atoms with E-state index >= 15 is 0 Å². The molecule has 0 atom stereocenters. The molecule has 1 nitrogen and oxygen atoms in total. The van der Waals surface area contributed by atoms with Gasteiger partial charge in [0.05, 0.1) is 0 Å². The molecule has 2 fully saturated rings. The largest absolute Gasteiger partial charge is 0.311 e. The van der Waals surface area contributed by atoms with Crippen molar-refractivity contribution in [1.29, 1.82) is 0 Å². The van der Waals surface area contributed by atoms with Crippen molar-refractivity contribution in [2.24, 2.45) is 0 Å². The Hall–Kier alpha value is 0.250. The van der Waals surface area contributed by atoms with Gasteiger partial charge in [0.25, 0.3) is 0 Å². The minimum Gasteiger partial charge on any atom is -0.311 e. The third-order valence-corrected chi connectivity index (χ3v) is 2.44. The lowest BCUT2D eigenvalue weighted by Gasteiger charge is -2.22. The van der Waals surface area contributed by atoms with Crippen LogP contribution in [-0.2, 0) is 0 Å². The molecule has 2 rings (SSSR count). The second kappa shape index (κ2) is 2.47. The number of nitrogens with one attached hydrogen (secondary N) is 1. The number of halogens is 1. The minimum atomic E-state index is 0.